The third-order valence-electron chi connectivity index (χ3n) is 4.18. The van der Waals surface area contributed by atoms with E-state index in [1.54, 1.807) is 20.0 Å². The van der Waals surface area contributed by atoms with Crippen LogP contribution in [0.15, 0.2) is 29.6 Å². The second kappa shape index (κ2) is 6.32. The van der Waals surface area contributed by atoms with E-state index in [1.807, 2.05) is 6.20 Å². The lowest BCUT2D eigenvalue weighted by Gasteiger charge is -2.09. The van der Waals surface area contributed by atoms with Crippen LogP contribution >= 0.6 is 0 Å². The van der Waals surface area contributed by atoms with Crippen LogP contribution in [0.1, 0.15) is 41.1 Å². The van der Waals surface area contributed by atoms with Crippen LogP contribution < -0.4 is 10.9 Å². The summed E-state index contributed by atoms with van der Waals surface area (Å²) in [6.45, 7) is 3.89. The maximum absolute atomic E-state index is 12.1. The van der Waals surface area contributed by atoms with Crippen LogP contribution in [0.5, 0.6) is 0 Å². The molecule has 1 N–H and O–H groups in total. The molecule has 1 aliphatic carbocycles. The maximum Gasteiger partial charge on any atom is 0.256 e. The molecule has 0 unspecified atom stereocenters. The molecule has 1 amide bonds. The Balaban J connectivity index is 1.60. The second-order valence-electron chi connectivity index (χ2n) is 6.07. The lowest BCUT2D eigenvalue weighted by molar-refractivity contribution is -0.121. The molecule has 0 bridgehead atoms. The van der Waals surface area contributed by atoms with Gasteiger partial charge in [0.05, 0.1) is 6.33 Å². The Morgan fingerprint density at radius 2 is 2.13 bits per heavy atom. The number of hydrogen-bond acceptors (Lipinski definition) is 4. The topological polar surface area (TPSA) is 76.9 Å². The third kappa shape index (κ3) is 3.64. The average Bonchev–Trinajstić information content (AvgIpc) is 3.39. The normalized spacial score (nSPS) is 13.8. The molecule has 2 heterocycles. The fourth-order valence-electron chi connectivity index (χ4n) is 2.44. The van der Waals surface area contributed by atoms with Crippen LogP contribution in [0, 0.1) is 13.8 Å². The molecule has 2 aromatic rings. The number of nitrogens with zero attached hydrogens (tertiary/aromatic N) is 3. The van der Waals surface area contributed by atoms with Crippen molar-refractivity contribution in [2.75, 3.05) is 0 Å². The van der Waals surface area contributed by atoms with Crippen LogP contribution in [-0.4, -0.2) is 20.4 Å². The zero-order chi connectivity index (χ0) is 16.4. The first-order valence-corrected chi connectivity index (χ1v) is 7.78. The van der Waals surface area contributed by atoms with E-state index in [1.165, 1.54) is 29.3 Å². The predicted molar refractivity (Wildman–Crippen MR) is 86.0 cm³/mol. The monoisotopic (exact) mass is 312 g/mol. The molecule has 0 aromatic carbocycles. The van der Waals surface area contributed by atoms with Gasteiger partial charge in [-0.1, -0.05) is 6.07 Å². The van der Waals surface area contributed by atoms with Crippen molar-refractivity contribution < 1.29 is 4.79 Å². The number of carbonyl (C=O) groups excluding carboxylic acids is 1. The zero-order valence-electron chi connectivity index (χ0n) is 13.4. The first kappa shape index (κ1) is 15.4. The van der Waals surface area contributed by atoms with Gasteiger partial charge in [-0.2, -0.15) is 0 Å². The van der Waals surface area contributed by atoms with Crippen LogP contribution in [0.25, 0.3) is 0 Å². The van der Waals surface area contributed by atoms with Gasteiger partial charge in [-0.15, -0.1) is 0 Å². The van der Waals surface area contributed by atoms with E-state index >= 15 is 0 Å². The average molecular weight is 312 g/mol. The molecule has 120 valence electrons. The highest BCUT2D eigenvalue weighted by Crippen LogP contribution is 2.39. The molecule has 0 saturated heterocycles. The van der Waals surface area contributed by atoms with Gasteiger partial charge in [0.2, 0.25) is 5.91 Å². The van der Waals surface area contributed by atoms with Crippen molar-refractivity contribution in [2.45, 2.75) is 45.7 Å². The Labute approximate surface area is 134 Å². The highest BCUT2D eigenvalue weighted by molar-refractivity contribution is 5.75. The summed E-state index contributed by atoms with van der Waals surface area (Å²) in [5, 5.41) is 2.83. The van der Waals surface area contributed by atoms with Gasteiger partial charge in [-0.3, -0.25) is 19.1 Å². The Morgan fingerprint density at radius 3 is 2.87 bits per heavy atom. The number of hydrogen-bond donors (Lipinski definition) is 1. The number of rotatable bonds is 5. The summed E-state index contributed by atoms with van der Waals surface area (Å²) in [6, 6.07) is 2.09. The quantitative estimate of drug-likeness (QED) is 0.906. The molecule has 2 aromatic heterocycles. The first-order valence-electron chi connectivity index (χ1n) is 7.78. The molecular formula is C17H20N4O2. The van der Waals surface area contributed by atoms with Gasteiger partial charge in [0.15, 0.2) is 0 Å². The lowest BCUT2D eigenvalue weighted by Crippen LogP contribution is -2.33. The van der Waals surface area contributed by atoms with Crippen LogP contribution in [0.2, 0.25) is 0 Å². The van der Waals surface area contributed by atoms with Gasteiger partial charge in [-0.05, 0) is 43.7 Å². The molecule has 1 aliphatic rings. The number of carbonyl (C=O) groups is 1. The van der Waals surface area contributed by atoms with Crippen molar-refractivity contribution in [1.29, 1.82) is 0 Å². The van der Waals surface area contributed by atoms with Crippen LogP contribution in [0.3, 0.4) is 0 Å². The molecule has 0 radical (unpaired) electrons. The molecule has 1 saturated carbocycles. The molecular weight excluding hydrogens is 292 g/mol. The van der Waals surface area contributed by atoms with Crippen molar-refractivity contribution in [3.63, 3.8) is 0 Å². The molecule has 6 heteroatoms. The Kier molecular flexibility index (Phi) is 4.23. The highest BCUT2D eigenvalue weighted by atomic mass is 16.2. The van der Waals surface area contributed by atoms with E-state index in [4.69, 9.17) is 0 Å². The van der Waals surface area contributed by atoms with Crippen molar-refractivity contribution >= 4 is 5.91 Å². The summed E-state index contributed by atoms with van der Waals surface area (Å²) < 4.78 is 1.33. The summed E-state index contributed by atoms with van der Waals surface area (Å²) in [5.74, 6) is 0.423. The minimum Gasteiger partial charge on any atom is -0.350 e. The Hall–Kier alpha value is -2.50. The van der Waals surface area contributed by atoms with Gasteiger partial charge in [-0.25, -0.2) is 4.98 Å². The number of pyridine rings is 1. The Bertz CT molecular complexity index is 793. The van der Waals surface area contributed by atoms with E-state index in [0.29, 0.717) is 23.7 Å². The zero-order valence-corrected chi connectivity index (χ0v) is 13.4. The standard InChI is InChI=1S/C17H20N4O2/c1-11-12(2)20-10-21(17(11)23)9-16(22)19-7-13-5-15(8-18-6-13)14-3-4-14/h5-6,8,10,14H,3-4,7,9H2,1-2H3,(H,19,22). The molecule has 1 fully saturated rings. The Morgan fingerprint density at radius 1 is 1.35 bits per heavy atom. The summed E-state index contributed by atoms with van der Waals surface area (Å²) in [7, 11) is 0. The predicted octanol–water partition coefficient (Wildman–Crippen LogP) is 1.45. The van der Waals surface area contributed by atoms with E-state index in [0.717, 1.165) is 5.56 Å². The van der Waals surface area contributed by atoms with Gasteiger partial charge in [0.25, 0.3) is 5.56 Å². The van der Waals surface area contributed by atoms with Crippen molar-refractivity contribution in [3.05, 3.63) is 57.5 Å². The van der Waals surface area contributed by atoms with Crippen LogP contribution in [0.4, 0.5) is 0 Å². The minimum absolute atomic E-state index is 0.0251. The third-order valence-corrected chi connectivity index (χ3v) is 4.18. The van der Waals surface area contributed by atoms with E-state index in [-0.39, 0.29) is 18.0 Å². The van der Waals surface area contributed by atoms with Crippen molar-refractivity contribution in [1.82, 2.24) is 19.9 Å². The molecule has 6 nitrogen and oxygen atoms in total. The second-order valence-corrected chi connectivity index (χ2v) is 6.07. The number of aryl methyl sites for hydroxylation is 1. The number of amides is 1. The summed E-state index contributed by atoms with van der Waals surface area (Å²) in [4.78, 5) is 32.5. The first-order chi connectivity index (χ1) is 11.0. The number of aromatic nitrogens is 3. The van der Waals surface area contributed by atoms with Gasteiger partial charge in [0, 0.05) is 30.2 Å². The molecule has 0 aliphatic heterocycles. The molecule has 3 rings (SSSR count). The van der Waals surface area contributed by atoms with Gasteiger partial charge in [0.1, 0.15) is 6.54 Å². The fraction of sp³-hybridized carbons (Fsp3) is 0.412. The highest BCUT2D eigenvalue weighted by Gasteiger charge is 2.23. The maximum atomic E-state index is 12.1. The van der Waals surface area contributed by atoms with E-state index in [9.17, 15) is 9.59 Å². The number of nitrogens with one attached hydrogen (secondary N) is 1. The van der Waals surface area contributed by atoms with E-state index in [2.05, 4.69) is 21.4 Å². The SMILES string of the molecule is Cc1ncn(CC(=O)NCc2cncc(C3CC3)c2)c(=O)c1C. The van der Waals surface area contributed by atoms with Gasteiger partial charge < -0.3 is 5.32 Å². The fourth-order valence-corrected chi connectivity index (χ4v) is 2.44. The largest absolute Gasteiger partial charge is 0.350 e. The molecule has 0 atom stereocenters. The van der Waals surface area contributed by atoms with Crippen molar-refractivity contribution in [2.24, 2.45) is 0 Å². The lowest BCUT2D eigenvalue weighted by atomic mass is 10.1. The summed E-state index contributed by atoms with van der Waals surface area (Å²) in [5.41, 5.74) is 3.31. The smallest absolute Gasteiger partial charge is 0.256 e. The van der Waals surface area contributed by atoms with Gasteiger partial charge >= 0.3 is 0 Å². The molecule has 23 heavy (non-hydrogen) atoms. The van der Waals surface area contributed by atoms with Crippen molar-refractivity contribution in [3.8, 4) is 0 Å². The summed E-state index contributed by atoms with van der Waals surface area (Å²) >= 11 is 0. The van der Waals surface area contributed by atoms with Crippen LogP contribution in [-0.2, 0) is 17.9 Å². The summed E-state index contributed by atoms with van der Waals surface area (Å²) in [6.07, 6.45) is 7.51. The van der Waals surface area contributed by atoms with E-state index < -0.39 is 0 Å². The molecule has 0 spiro atoms. The minimum atomic E-state index is -0.214.